The molecule has 0 unspecified atom stereocenters. The maximum absolute atomic E-state index is 12.7. The van der Waals surface area contributed by atoms with Crippen LogP contribution < -0.4 is 19.1 Å². The summed E-state index contributed by atoms with van der Waals surface area (Å²) in [6, 6.07) is 14.1. The average Bonchev–Trinajstić information content (AvgIpc) is 3.06. The molecular formula is C23H31N3O5S. The van der Waals surface area contributed by atoms with Gasteiger partial charge < -0.3 is 19.3 Å². The van der Waals surface area contributed by atoms with E-state index in [1.165, 1.54) is 12.1 Å². The fourth-order valence-corrected chi connectivity index (χ4v) is 4.67. The van der Waals surface area contributed by atoms with Gasteiger partial charge in [-0.25, -0.2) is 13.1 Å². The van der Waals surface area contributed by atoms with Crippen molar-refractivity contribution in [3.05, 3.63) is 48.5 Å². The molecule has 1 N–H and O–H groups in total. The predicted molar refractivity (Wildman–Crippen MR) is 124 cm³/mol. The molecule has 9 heteroatoms. The Morgan fingerprint density at radius 2 is 1.66 bits per heavy atom. The lowest BCUT2D eigenvalue weighted by molar-refractivity contribution is -0.130. The molecule has 2 aromatic rings. The van der Waals surface area contributed by atoms with Gasteiger partial charge in [0.2, 0.25) is 15.9 Å². The molecule has 1 saturated heterocycles. The van der Waals surface area contributed by atoms with E-state index in [4.69, 9.17) is 9.47 Å². The molecule has 0 radical (unpaired) electrons. The minimum atomic E-state index is -3.67. The lowest BCUT2D eigenvalue weighted by Crippen LogP contribution is -2.37. The van der Waals surface area contributed by atoms with Gasteiger partial charge in [-0.05, 0) is 61.9 Å². The van der Waals surface area contributed by atoms with Crippen molar-refractivity contribution in [2.24, 2.45) is 0 Å². The van der Waals surface area contributed by atoms with Crippen molar-refractivity contribution < 1.29 is 22.7 Å². The SMILES string of the molecule is CCOc1ccc(S(=O)(=O)NCCC(=O)N2CCCN(c3ccc(OC)cc3)CC2)cc1. The number of nitrogens with one attached hydrogen (secondary N) is 1. The number of hydrogen-bond donors (Lipinski definition) is 1. The third kappa shape index (κ3) is 6.37. The Bertz CT molecular complexity index is 978. The molecule has 1 aliphatic heterocycles. The average molecular weight is 462 g/mol. The molecule has 1 amide bonds. The molecule has 0 spiro atoms. The lowest BCUT2D eigenvalue weighted by Gasteiger charge is -2.24. The van der Waals surface area contributed by atoms with E-state index < -0.39 is 10.0 Å². The summed E-state index contributed by atoms with van der Waals surface area (Å²) in [5.74, 6) is 1.38. The van der Waals surface area contributed by atoms with Crippen molar-refractivity contribution in [1.29, 1.82) is 0 Å². The number of benzene rings is 2. The molecule has 0 saturated carbocycles. The van der Waals surface area contributed by atoms with Crippen LogP contribution in [-0.2, 0) is 14.8 Å². The molecule has 3 rings (SSSR count). The predicted octanol–water partition coefficient (Wildman–Crippen LogP) is 2.50. The number of carbonyl (C=O) groups is 1. The quantitative estimate of drug-likeness (QED) is 0.617. The largest absolute Gasteiger partial charge is 0.497 e. The highest BCUT2D eigenvalue weighted by Crippen LogP contribution is 2.21. The van der Waals surface area contributed by atoms with E-state index in [0.717, 1.165) is 30.9 Å². The zero-order valence-corrected chi connectivity index (χ0v) is 19.4. The second-order valence-corrected chi connectivity index (χ2v) is 9.24. The van der Waals surface area contributed by atoms with Gasteiger partial charge in [0.25, 0.3) is 0 Å². The molecule has 0 bridgehead atoms. The van der Waals surface area contributed by atoms with Crippen LogP contribution in [0.25, 0.3) is 0 Å². The smallest absolute Gasteiger partial charge is 0.240 e. The Morgan fingerprint density at radius 1 is 0.969 bits per heavy atom. The normalized spacial score (nSPS) is 14.7. The van der Waals surface area contributed by atoms with Crippen molar-refractivity contribution in [2.75, 3.05) is 51.3 Å². The first kappa shape index (κ1) is 23.9. The van der Waals surface area contributed by atoms with Gasteiger partial charge in [-0.1, -0.05) is 0 Å². The zero-order valence-electron chi connectivity index (χ0n) is 18.6. The first-order valence-electron chi connectivity index (χ1n) is 10.8. The summed E-state index contributed by atoms with van der Waals surface area (Å²) >= 11 is 0. The van der Waals surface area contributed by atoms with Crippen molar-refractivity contribution in [3.8, 4) is 11.5 Å². The minimum Gasteiger partial charge on any atom is -0.497 e. The van der Waals surface area contributed by atoms with E-state index in [-0.39, 0.29) is 23.8 Å². The molecule has 32 heavy (non-hydrogen) atoms. The highest BCUT2D eigenvalue weighted by atomic mass is 32.2. The van der Waals surface area contributed by atoms with Crippen molar-refractivity contribution in [3.63, 3.8) is 0 Å². The van der Waals surface area contributed by atoms with Crippen molar-refractivity contribution in [1.82, 2.24) is 9.62 Å². The van der Waals surface area contributed by atoms with Gasteiger partial charge in [0.05, 0.1) is 18.6 Å². The molecule has 0 aliphatic carbocycles. The van der Waals surface area contributed by atoms with Crippen LogP contribution in [0.3, 0.4) is 0 Å². The van der Waals surface area contributed by atoms with Gasteiger partial charge in [-0.3, -0.25) is 4.79 Å². The van der Waals surface area contributed by atoms with E-state index in [0.29, 0.717) is 25.4 Å². The summed E-state index contributed by atoms with van der Waals surface area (Å²) < 4.78 is 38.0. The fraction of sp³-hybridized carbons (Fsp3) is 0.435. The number of hydrogen-bond acceptors (Lipinski definition) is 6. The van der Waals surface area contributed by atoms with Crippen LogP contribution in [-0.4, -0.2) is 65.7 Å². The second-order valence-electron chi connectivity index (χ2n) is 7.47. The second kappa shape index (κ2) is 11.2. The number of carbonyl (C=O) groups excluding carboxylic acids is 1. The summed E-state index contributed by atoms with van der Waals surface area (Å²) in [5.41, 5.74) is 1.10. The maximum Gasteiger partial charge on any atom is 0.240 e. The number of ether oxygens (including phenoxy) is 2. The molecule has 8 nitrogen and oxygen atoms in total. The van der Waals surface area contributed by atoms with E-state index in [1.807, 2.05) is 36.1 Å². The van der Waals surface area contributed by atoms with Crippen LogP contribution in [0.1, 0.15) is 19.8 Å². The van der Waals surface area contributed by atoms with E-state index in [9.17, 15) is 13.2 Å². The van der Waals surface area contributed by atoms with E-state index in [1.54, 1.807) is 19.2 Å². The topological polar surface area (TPSA) is 88.2 Å². The standard InChI is InChI=1S/C23H31N3O5S/c1-3-31-21-9-11-22(12-10-21)32(28,29)24-14-13-23(27)26-16-4-15-25(17-18-26)19-5-7-20(30-2)8-6-19/h5-12,24H,3-4,13-18H2,1-2H3. The summed E-state index contributed by atoms with van der Waals surface area (Å²) in [5, 5.41) is 0. The summed E-state index contributed by atoms with van der Waals surface area (Å²) in [4.78, 5) is 16.9. The van der Waals surface area contributed by atoms with Gasteiger partial charge in [-0.2, -0.15) is 0 Å². The Morgan fingerprint density at radius 3 is 2.31 bits per heavy atom. The lowest BCUT2D eigenvalue weighted by atomic mass is 10.2. The summed E-state index contributed by atoms with van der Waals surface area (Å²) in [6.45, 7) is 5.31. The molecule has 1 fully saturated rings. The highest BCUT2D eigenvalue weighted by Gasteiger charge is 2.20. The molecule has 174 valence electrons. The van der Waals surface area contributed by atoms with Crippen molar-refractivity contribution in [2.45, 2.75) is 24.7 Å². The van der Waals surface area contributed by atoms with Gasteiger partial charge in [0.15, 0.2) is 0 Å². The maximum atomic E-state index is 12.7. The number of amides is 1. The van der Waals surface area contributed by atoms with E-state index >= 15 is 0 Å². The Labute approximate surface area is 190 Å². The molecule has 0 atom stereocenters. The molecule has 1 heterocycles. The van der Waals surface area contributed by atoms with E-state index in [2.05, 4.69) is 9.62 Å². The van der Waals surface area contributed by atoms with Crippen LogP contribution in [0.4, 0.5) is 5.69 Å². The highest BCUT2D eigenvalue weighted by molar-refractivity contribution is 7.89. The number of anilines is 1. The number of nitrogens with zero attached hydrogens (tertiary/aromatic N) is 2. The molecule has 2 aromatic carbocycles. The zero-order chi connectivity index (χ0) is 23.0. The Hall–Kier alpha value is -2.78. The number of methoxy groups -OCH3 is 1. The summed E-state index contributed by atoms with van der Waals surface area (Å²) in [6.07, 6.45) is 0.981. The monoisotopic (exact) mass is 461 g/mol. The first-order chi connectivity index (χ1) is 15.4. The van der Waals surface area contributed by atoms with Gasteiger partial charge in [-0.15, -0.1) is 0 Å². The van der Waals surface area contributed by atoms with Crippen LogP contribution in [0.5, 0.6) is 11.5 Å². The Kier molecular flexibility index (Phi) is 8.35. The number of sulfonamides is 1. The van der Waals surface area contributed by atoms with Gasteiger partial charge in [0, 0.05) is 44.8 Å². The molecule has 1 aliphatic rings. The molecule has 0 aromatic heterocycles. The van der Waals surface area contributed by atoms with Crippen molar-refractivity contribution >= 4 is 21.6 Å². The number of rotatable bonds is 9. The first-order valence-corrected chi connectivity index (χ1v) is 12.3. The summed E-state index contributed by atoms with van der Waals surface area (Å²) in [7, 11) is -2.03. The van der Waals surface area contributed by atoms with Crippen LogP contribution in [0.2, 0.25) is 0 Å². The van der Waals surface area contributed by atoms with Gasteiger partial charge in [0.1, 0.15) is 11.5 Å². The van der Waals surface area contributed by atoms with Gasteiger partial charge >= 0.3 is 0 Å². The Balaban J connectivity index is 1.48. The van der Waals surface area contributed by atoms with Crippen LogP contribution >= 0.6 is 0 Å². The third-order valence-electron chi connectivity index (χ3n) is 5.36. The molecular weight excluding hydrogens is 430 g/mol. The fourth-order valence-electron chi connectivity index (χ4n) is 3.63. The van der Waals surface area contributed by atoms with Crippen LogP contribution in [0, 0.1) is 0 Å². The third-order valence-corrected chi connectivity index (χ3v) is 6.84. The van der Waals surface area contributed by atoms with Crippen LogP contribution in [0.15, 0.2) is 53.4 Å². The minimum absolute atomic E-state index is 0.0454.